The molecule has 0 unspecified atom stereocenters. The minimum absolute atomic E-state index is 0.177. The summed E-state index contributed by atoms with van der Waals surface area (Å²) in [5, 5.41) is 2.36. The molecular weight excluding hydrogens is 273 g/mol. The minimum Gasteiger partial charge on any atom is -0.375 e. The second-order valence-electron chi connectivity index (χ2n) is 5.41. The second kappa shape index (κ2) is 5.40. The molecule has 1 aromatic heterocycles. The number of anilines is 2. The summed E-state index contributed by atoms with van der Waals surface area (Å²) in [7, 11) is 0. The second-order valence-corrected chi connectivity index (χ2v) is 6.30. The maximum atomic E-state index is 14.3. The lowest BCUT2D eigenvalue weighted by Gasteiger charge is -2.32. The van der Waals surface area contributed by atoms with E-state index in [1.807, 2.05) is 17.5 Å². The Hall–Kier alpha value is -1.62. The fourth-order valence-electron chi connectivity index (χ4n) is 2.59. The lowest BCUT2D eigenvalue weighted by Crippen LogP contribution is -2.33. The van der Waals surface area contributed by atoms with Gasteiger partial charge in [-0.25, -0.2) is 9.37 Å². The van der Waals surface area contributed by atoms with Crippen LogP contribution < -0.4 is 10.6 Å². The maximum absolute atomic E-state index is 14.3. The molecule has 1 fully saturated rings. The van der Waals surface area contributed by atoms with Gasteiger partial charge in [-0.05, 0) is 30.9 Å². The van der Waals surface area contributed by atoms with Crippen molar-refractivity contribution in [3.05, 3.63) is 29.4 Å². The molecule has 3 nitrogen and oxygen atoms in total. The van der Waals surface area contributed by atoms with Crippen molar-refractivity contribution in [3.8, 4) is 11.3 Å². The average Bonchev–Trinajstić information content (AvgIpc) is 2.87. The van der Waals surface area contributed by atoms with Crippen LogP contribution in [0.3, 0.4) is 0 Å². The molecule has 0 saturated carbocycles. The molecule has 0 aliphatic carbocycles. The zero-order valence-electron chi connectivity index (χ0n) is 11.5. The van der Waals surface area contributed by atoms with Gasteiger partial charge in [0, 0.05) is 24.0 Å². The van der Waals surface area contributed by atoms with Crippen molar-refractivity contribution >= 4 is 22.2 Å². The molecule has 5 heteroatoms. The summed E-state index contributed by atoms with van der Waals surface area (Å²) >= 11 is 1.37. The topological polar surface area (TPSA) is 42.1 Å². The Balaban J connectivity index is 1.84. The predicted molar refractivity (Wildman–Crippen MR) is 82.5 cm³/mol. The minimum atomic E-state index is -0.177. The number of nitrogens with two attached hydrogens (primary N) is 1. The van der Waals surface area contributed by atoms with Gasteiger partial charge < -0.3 is 10.6 Å². The summed E-state index contributed by atoms with van der Waals surface area (Å²) < 4.78 is 14.3. The largest absolute Gasteiger partial charge is 0.375 e. The van der Waals surface area contributed by atoms with Gasteiger partial charge in [-0.1, -0.05) is 13.0 Å². The van der Waals surface area contributed by atoms with Crippen LogP contribution in [0.25, 0.3) is 11.3 Å². The van der Waals surface area contributed by atoms with Crippen molar-refractivity contribution in [1.29, 1.82) is 0 Å². The average molecular weight is 291 g/mol. The van der Waals surface area contributed by atoms with Gasteiger partial charge in [0.15, 0.2) is 5.13 Å². The molecule has 2 heterocycles. The summed E-state index contributed by atoms with van der Waals surface area (Å²) in [5.41, 5.74) is 7.84. The third-order valence-corrected chi connectivity index (χ3v) is 4.56. The highest BCUT2D eigenvalue weighted by atomic mass is 32.1. The van der Waals surface area contributed by atoms with E-state index in [2.05, 4.69) is 16.8 Å². The molecule has 1 aliphatic rings. The molecule has 0 bridgehead atoms. The van der Waals surface area contributed by atoms with Crippen LogP contribution in [-0.4, -0.2) is 18.1 Å². The Labute approximate surface area is 122 Å². The first-order valence-electron chi connectivity index (χ1n) is 6.89. The third kappa shape index (κ3) is 2.63. The zero-order valence-corrected chi connectivity index (χ0v) is 12.3. The van der Waals surface area contributed by atoms with E-state index in [4.69, 9.17) is 5.73 Å². The predicted octanol–water partition coefficient (Wildman–Crippen LogP) is 3.77. The van der Waals surface area contributed by atoms with Crippen LogP contribution in [0, 0.1) is 11.7 Å². The molecule has 1 aromatic carbocycles. The van der Waals surface area contributed by atoms with Crippen LogP contribution in [-0.2, 0) is 0 Å². The fourth-order valence-corrected chi connectivity index (χ4v) is 3.16. The van der Waals surface area contributed by atoms with Gasteiger partial charge in [-0.2, -0.15) is 0 Å². The number of halogens is 1. The van der Waals surface area contributed by atoms with E-state index in [0.29, 0.717) is 10.8 Å². The quantitative estimate of drug-likeness (QED) is 0.916. The van der Waals surface area contributed by atoms with Crippen molar-refractivity contribution in [2.75, 3.05) is 23.7 Å². The van der Waals surface area contributed by atoms with Gasteiger partial charge in [-0.15, -0.1) is 11.3 Å². The lowest BCUT2D eigenvalue weighted by molar-refractivity contribution is 0.434. The lowest BCUT2D eigenvalue weighted by atomic mass is 9.98. The third-order valence-electron chi connectivity index (χ3n) is 3.89. The number of hydrogen-bond acceptors (Lipinski definition) is 4. The molecule has 0 atom stereocenters. The summed E-state index contributed by atoms with van der Waals surface area (Å²) in [6.45, 7) is 4.12. The molecule has 3 rings (SSSR count). The highest BCUT2D eigenvalue weighted by Gasteiger charge is 2.19. The first kappa shape index (κ1) is 13.4. The maximum Gasteiger partial charge on any atom is 0.180 e. The molecule has 1 saturated heterocycles. The summed E-state index contributed by atoms with van der Waals surface area (Å²) in [6, 6.07) is 5.34. The molecule has 20 heavy (non-hydrogen) atoms. The Morgan fingerprint density at radius 3 is 2.70 bits per heavy atom. The Morgan fingerprint density at radius 1 is 1.35 bits per heavy atom. The van der Waals surface area contributed by atoms with Crippen LogP contribution in [0.5, 0.6) is 0 Å². The molecular formula is C15H18FN3S. The van der Waals surface area contributed by atoms with E-state index in [9.17, 15) is 4.39 Å². The van der Waals surface area contributed by atoms with E-state index in [1.54, 1.807) is 6.07 Å². The van der Waals surface area contributed by atoms with E-state index < -0.39 is 0 Å². The monoisotopic (exact) mass is 291 g/mol. The molecule has 106 valence electrons. The van der Waals surface area contributed by atoms with Gasteiger partial charge in [0.25, 0.3) is 0 Å². The smallest absolute Gasteiger partial charge is 0.180 e. The molecule has 2 aromatic rings. The zero-order chi connectivity index (χ0) is 14.1. The summed E-state index contributed by atoms with van der Waals surface area (Å²) in [4.78, 5) is 6.32. The number of hydrogen-bond donors (Lipinski definition) is 1. The molecule has 0 spiro atoms. The number of benzene rings is 1. The molecule has 1 aliphatic heterocycles. The number of nitrogens with zero attached hydrogens (tertiary/aromatic N) is 2. The molecule has 2 N–H and O–H groups in total. The molecule has 0 amide bonds. The Bertz CT molecular complexity index is 603. The van der Waals surface area contributed by atoms with Crippen molar-refractivity contribution < 1.29 is 4.39 Å². The van der Waals surface area contributed by atoms with Crippen molar-refractivity contribution in [3.63, 3.8) is 0 Å². The first-order chi connectivity index (χ1) is 9.63. The van der Waals surface area contributed by atoms with E-state index in [0.717, 1.165) is 43.1 Å². The number of thiazole rings is 1. The van der Waals surface area contributed by atoms with Gasteiger partial charge in [0.05, 0.1) is 11.4 Å². The van der Waals surface area contributed by atoms with E-state index in [-0.39, 0.29) is 5.82 Å². The highest BCUT2D eigenvalue weighted by molar-refractivity contribution is 7.13. The van der Waals surface area contributed by atoms with Gasteiger partial charge in [0.1, 0.15) is 5.82 Å². The van der Waals surface area contributed by atoms with Crippen LogP contribution >= 0.6 is 11.3 Å². The van der Waals surface area contributed by atoms with Gasteiger partial charge in [-0.3, -0.25) is 0 Å². The SMILES string of the molecule is CC1CCN(c2ccc(-c3csc(N)n3)cc2F)CC1. The Kier molecular flexibility index (Phi) is 3.61. The van der Waals surface area contributed by atoms with Crippen molar-refractivity contribution in [2.24, 2.45) is 5.92 Å². The van der Waals surface area contributed by atoms with Crippen LogP contribution in [0.1, 0.15) is 19.8 Å². The normalized spacial score (nSPS) is 16.6. The number of nitrogen functional groups attached to an aromatic ring is 1. The van der Waals surface area contributed by atoms with E-state index >= 15 is 0 Å². The van der Waals surface area contributed by atoms with Crippen LogP contribution in [0.4, 0.5) is 15.2 Å². The number of rotatable bonds is 2. The fraction of sp³-hybridized carbons (Fsp3) is 0.400. The first-order valence-corrected chi connectivity index (χ1v) is 7.77. The standard InChI is InChI=1S/C15H18FN3S/c1-10-4-6-19(7-5-10)14-3-2-11(8-12(14)16)13-9-20-15(17)18-13/h2-3,8-10H,4-7H2,1H3,(H2,17,18). The van der Waals surface area contributed by atoms with Crippen LogP contribution in [0.2, 0.25) is 0 Å². The van der Waals surface area contributed by atoms with Gasteiger partial charge >= 0.3 is 0 Å². The number of aromatic nitrogens is 1. The Morgan fingerprint density at radius 2 is 2.10 bits per heavy atom. The summed E-state index contributed by atoms with van der Waals surface area (Å²) in [6.07, 6.45) is 2.26. The van der Waals surface area contributed by atoms with Crippen molar-refractivity contribution in [1.82, 2.24) is 4.98 Å². The van der Waals surface area contributed by atoms with Crippen LogP contribution in [0.15, 0.2) is 23.6 Å². The van der Waals surface area contributed by atoms with Crippen molar-refractivity contribution in [2.45, 2.75) is 19.8 Å². The van der Waals surface area contributed by atoms with E-state index in [1.165, 1.54) is 11.3 Å². The number of piperidine rings is 1. The summed E-state index contributed by atoms with van der Waals surface area (Å²) in [5.74, 6) is 0.565. The molecule has 0 radical (unpaired) electrons. The highest BCUT2D eigenvalue weighted by Crippen LogP contribution is 2.30. The van der Waals surface area contributed by atoms with Gasteiger partial charge in [0.2, 0.25) is 0 Å².